The van der Waals surface area contributed by atoms with Gasteiger partial charge in [-0.2, -0.15) is 0 Å². The van der Waals surface area contributed by atoms with Gasteiger partial charge in [-0.3, -0.25) is 0 Å². The van der Waals surface area contributed by atoms with Crippen molar-refractivity contribution in [2.75, 3.05) is 5.73 Å². The van der Waals surface area contributed by atoms with Crippen LogP contribution in [0.4, 0.5) is 5.69 Å². The first-order valence-electron chi connectivity index (χ1n) is 15.1. The molecule has 2 aliphatic rings. The van der Waals surface area contributed by atoms with Gasteiger partial charge in [0.2, 0.25) is 0 Å². The fraction of sp³-hybridized carbons (Fsp3) is 0.0244. The smallest absolute Gasteiger partial charge is 0.0736 e. The predicted molar refractivity (Wildman–Crippen MR) is 193 cm³/mol. The first-order chi connectivity index (χ1) is 22.6. The summed E-state index contributed by atoms with van der Waals surface area (Å²) in [5.41, 5.74) is 19.4. The molecule has 0 saturated heterocycles. The zero-order chi connectivity index (χ0) is 31.3. The van der Waals surface area contributed by atoms with Crippen molar-refractivity contribution >= 4 is 52.1 Å². The number of hydrogen-bond acceptors (Lipinski definition) is 3. The largest absolute Gasteiger partial charge is 0.399 e. The van der Waals surface area contributed by atoms with Gasteiger partial charge in [0.15, 0.2) is 0 Å². The maximum absolute atomic E-state index is 5.47. The van der Waals surface area contributed by atoms with Gasteiger partial charge < -0.3 is 15.7 Å². The number of anilines is 1. The van der Waals surface area contributed by atoms with Crippen LogP contribution < -0.4 is 5.73 Å². The maximum atomic E-state index is 5.47. The van der Waals surface area contributed by atoms with E-state index in [1.807, 2.05) is 49.4 Å². The van der Waals surface area contributed by atoms with Crippen molar-refractivity contribution in [3.8, 4) is 34.1 Å². The molecule has 0 spiro atoms. The van der Waals surface area contributed by atoms with E-state index in [0.717, 1.165) is 78.3 Å². The molecule has 8 bridgehead atoms. The molecule has 4 N–H and O–H groups in total. The molecular weight excluding hydrogens is 562 g/mol. The van der Waals surface area contributed by atoms with Crippen LogP contribution in [0.5, 0.6) is 0 Å². The maximum Gasteiger partial charge on any atom is 0.0736 e. The SMILES string of the molecule is C1=Cc2nc1cc1nc(c(-c3ccccc3)c3ccc(cc4ccc([nH]4)c2-c2ccccc2)[nH]3)C=C1.CC#Cc1ccc(N)cc1. The van der Waals surface area contributed by atoms with E-state index < -0.39 is 0 Å². The van der Waals surface area contributed by atoms with Crippen molar-refractivity contribution in [2.45, 2.75) is 6.92 Å². The summed E-state index contributed by atoms with van der Waals surface area (Å²) < 4.78 is 0. The molecule has 0 aliphatic carbocycles. The number of hydrogen-bond donors (Lipinski definition) is 3. The molecule has 0 amide bonds. The number of nitrogens with zero attached hydrogens (tertiary/aromatic N) is 2. The Morgan fingerprint density at radius 1 is 0.543 bits per heavy atom. The molecule has 0 radical (unpaired) electrons. The number of rotatable bonds is 2. The number of nitrogens with two attached hydrogens (primary N) is 1. The van der Waals surface area contributed by atoms with Crippen molar-refractivity contribution < 1.29 is 0 Å². The minimum atomic E-state index is 0.779. The van der Waals surface area contributed by atoms with Crippen molar-refractivity contribution in [2.24, 2.45) is 0 Å². The van der Waals surface area contributed by atoms with E-state index in [2.05, 4.69) is 125 Å². The number of nitrogens with one attached hydrogen (secondary N) is 2. The highest BCUT2D eigenvalue weighted by atomic mass is 14.8. The van der Waals surface area contributed by atoms with Gasteiger partial charge in [0.05, 0.1) is 22.8 Å². The Bertz CT molecular complexity index is 2180. The Morgan fingerprint density at radius 3 is 1.52 bits per heavy atom. The molecule has 2 aliphatic heterocycles. The molecule has 46 heavy (non-hydrogen) atoms. The van der Waals surface area contributed by atoms with Crippen LogP contribution in [-0.2, 0) is 0 Å². The molecule has 0 unspecified atom stereocenters. The van der Waals surface area contributed by atoms with E-state index in [0.29, 0.717) is 0 Å². The quantitative estimate of drug-likeness (QED) is 0.138. The highest BCUT2D eigenvalue weighted by Gasteiger charge is 2.13. The molecular formula is C41H31N5. The first kappa shape index (κ1) is 28.4. The predicted octanol–water partition coefficient (Wildman–Crippen LogP) is 9.63. The minimum absolute atomic E-state index is 0.779. The van der Waals surface area contributed by atoms with Crippen molar-refractivity contribution in [3.05, 3.63) is 150 Å². The fourth-order valence-corrected chi connectivity index (χ4v) is 5.60. The second kappa shape index (κ2) is 12.7. The van der Waals surface area contributed by atoms with Crippen LogP contribution >= 0.6 is 0 Å². The van der Waals surface area contributed by atoms with E-state index in [1.54, 1.807) is 0 Å². The lowest BCUT2D eigenvalue weighted by Crippen LogP contribution is -1.86. The molecule has 0 saturated carbocycles. The summed E-state index contributed by atoms with van der Waals surface area (Å²) in [5.74, 6) is 5.74. The molecule has 5 nitrogen and oxygen atoms in total. The Kier molecular flexibility index (Phi) is 7.84. The Balaban J connectivity index is 0.000000291. The van der Waals surface area contributed by atoms with E-state index in [-0.39, 0.29) is 0 Å². The summed E-state index contributed by atoms with van der Waals surface area (Å²) in [4.78, 5) is 17.2. The normalized spacial score (nSPS) is 11.3. The van der Waals surface area contributed by atoms with Crippen LogP contribution in [0.2, 0.25) is 0 Å². The van der Waals surface area contributed by atoms with Gasteiger partial charge in [0.25, 0.3) is 0 Å². The highest BCUT2D eigenvalue weighted by molar-refractivity contribution is 5.93. The third kappa shape index (κ3) is 6.14. The van der Waals surface area contributed by atoms with E-state index in [1.165, 1.54) is 0 Å². The number of H-pyrrole nitrogens is 2. The third-order valence-corrected chi connectivity index (χ3v) is 7.70. The molecule has 8 rings (SSSR count). The van der Waals surface area contributed by atoms with Crippen molar-refractivity contribution in [3.63, 3.8) is 0 Å². The molecule has 6 aromatic rings. The van der Waals surface area contributed by atoms with Gasteiger partial charge >= 0.3 is 0 Å². The van der Waals surface area contributed by atoms with Gasteiger partial charge in [0, 0.05) is 44.4 Å². The van der Waals surface area contributed by atoms with E-state index >= 15 is 0 Å². The molecule has 3 aromatic heterocycles. The monoisotopic (exact) mass is 593 g/mol. The topological polar surface area (TPSA) is 83.4 Å². The summed E-state index contributed by atoms with van der Waals surface area (Å²) in [7, 11) is 0. The van der Waals surface area contributed by atoms with Gasteiger partial charge in [-0.1, -0.05) is 66.6 Å². The molecule has 0 atom stereocenters. The molecule has 5 heteroatoms. The summed E-state index contributed by atoms with van der Waals surface area (Å²) in [5, 5.41) is 0. The van der Waals surface area contributed by atoms with Gasteiger partial charge in [-0.25, -0.2) is 9.97 Å². The molecule has 3 aromatic carbocycles. The molecule has 5 heterocycles. The number of aromatic amines is 2. The van der Waals surface area contributed by atoms with Crippen molar-refractivity contribution in [1.29, 1.82) is 0 Å². The van der Waals surface area contributed by atoms with E-state index in [4.69, 9.17) is 15.7 Å². The van der Waals surface area contributed by atoms with E-state index in [9.17, 15) is 0 Å². The summed E-state index contributed by atoms with van der Waals surface area (Å²) in [6.07, 6.45) is 8.27. The fourth-order valence-electron chi connectivity index (χ4n) is 5.60. The summed E-state index contributed by atoms with van der Waals surface area (Å²) >= 11 is 0. The summed E-state index contributed by atoms with van der Waals surface area (Å²) in [6.45, 7) is 1.82. The lowest BCUT2D eigenvalue weighted by molar-refractivity contribution is 1.28. The second-order valence-electron chi connectivity index (χ2n) is 10.9. The lowest BCUT2D eigenvalue weighted by atomic mass is 10.0. The van der Waals surface area contributed by atoms with Gasteiger partial charge in [0.1, 0.15) is 0 Å². The van der Waals surface area contributed by atoms with Crippen LogP contribution in [0.25, 0.3) is 68.6 Å². The van der Waals surface area contributed by atoms with Gasteiger partial charge in [-0.05, 0) is 103 Å². The second-order valence-corrected chi connectivity index (χ2v) is 10.9. The average molecular weight is 594 g/mol. The number of benzene rings is 3. The standard InChI is InChI=1S/C32H22N4.C9H9N/c1-3-7-21(8-4-1)31-27-15-11-23(33-27)19-25-13-17-29(35-25)32(22-9-5-2-6-10-22)30-18-14-26(36-30)20-24-12-16-28(31)34-24;1-2-3-8-4-6-9(10)7-5-8/h1-20,33,35H;4-7H,10H2,1H3. The van der Waals surface area contributed by atoms with Crippen LogP contribution in [0.1, 0.15) is 35.3 Å². The zero-order valence-corrected chi connectivity index (χ0v) is 25.3. The van der Waals surface area contributed by atoms with Crippen molar-refractivity contribution in [1.82, 2.24) is 19.9 Å². The Morgan fingerprint density at radius 2 is 1.04 bits per heavy atom. The number of nitrogen functional groups attached to an aromatic ring is 1. The van der Waals surface area contributed by atoms with Crippen LogP contribution in [0, 0.1) is 11.8 Å². The Hall–Kier alpha value is -6.38. The third-order valence-electron chi connectivity index (χ3n) is 7.70. The van der Waals surface area contributed by atoms with Gasteiger partial charge in [-0.15, -0.1) is 5.92 Å². The van der Waals surface area contributed by atoms with Crippen LogP contribution in [-0.4, -0.2) is 19.9 Å². The first-order valence-corrected chi connectivity index (χ1v) is 15.1. The molecule has 220 valence electrons. The number of fused-ring (bicyclic) bond motifs is 8. The minimum Gasteiger partial charge on any atom is -0.399 e. The average Bonchev–Trinajstić information content (AvgIpc) is 3.91. The zero-order valence-electron chi connectivity index (χ0n) is 25.3. The Labute approximate surface area is 267 Å². The number of aromatic nitrogens is 4. The summed E-state index contributed by atoms with van der Waals surface area (Å²) in [6, 6.07) is 41.0. The lowest BCUT2D eigenvalue weighted by Gasteiger charge is -2.03. The molecule has 0 fully saturated rings. The highest BCUT2D eigenvalue weighted by Crippen LogP contribution is 2.32. The van der Waals surface area contributed by atoms with Crippen LogP contribution in [0.15, 0.2) is 121 Å². The van der Waals surface area contributed by atoms with Crippen LogP contribution in [0.3, 0.4) is 0 Å².